The average Bonchev–Trinajstić information content (AvgIpc) is 2.40. The van der Waals surface area contributed by atoms with Gasteiger partial charge in [-0.05, 0) is 34.1 Å². The van der Waals surface area contributed by atoms with E-state index in [-0.39, 0.29) is 18.0 Å². The van der Waals surface area contributed by atoms with Gasteiger partial charge in [-0.2, -0.15) is 0 Å². The Bertz CT molecular complexity index is 548. The van der Waals surface area contributed by atoms with Gasteiger partial charge in [0.05, 0.1) is 11.3 Å². The van der Waals surface area contributed by atoms with Crippen LogP contribution in [-0.2, 0) is 4.79 Å². The van der Waals surface area contributed by atoms with Crippen LogP contribution < -0.4 is 10.6 Å². The van der Waals surface area contributed by atoms with Gasteiger partial charge in [0.25, 0.3) is 0 Å². The average molecular weight is 344 g/mol. The van der Waals surface area contributed by atoms with Crippen molar-refractivity contribution in [2.75, 3.05) is 26.0 Å². The first-order valence-electron chi connectivity index (χ1n) is 5.60. The number of carboxylic acid groups (broad SMARTS) is 1. The van der Waals surface area contributed by atoms with E-state index in [0.717, 1.165) is 0 Å². The number of hydrogen-bond acceptors (Lipinski definition) is 3. The van der Waals surface area contributed by atoms with E-state index in [0.29, 0.717) is 10.2 Å². The van der Waals surface area contributed by atoms with Gasteiger partial charge in [0.1, 0.15) is 6.54 Å². The molecule has 0 bridgehead atoms. The third kappa shape index (κ3) is 4.23. The van der Waals surface area contributed by atoms with E-state index < -0.39 is 12.0 Å². The Kier molecular flexibility index (Phi) is 5.51. The molecule has 0 spiro atoms. The fourth-order valence-electron chi connectivity index (χ4n) is 1.33. The van der Waals surface area contributed by atoms with Gasteiger partial charge in [-0.25, -0.2) is 9.59 Å². The maximum atomic E-state index is 11.8. The molecule has 0 heterocycles. The molecular weight excluding hydrogens is 330 g/mol. The van der Waals surface area contributed by atoms with E-state index in [9.17, 15) is 14.4 Å². The maximum absolute atomic E-state index is 11.8. The van der Waals surface area contributed by atoms with Crippen LogP contribution in [0, 0.1) is 0 Å². The Balaban J connectivity index is 2.75. The van der Waals surface area contributed by atoms with Gasteiger partial charge in [0.2, 0.25) is 5.91 Å². The number of anilines is 1. The summed E-state index contributed by atoms with van der Waals surface area (Å²) in [7, 11) is 2.96. The van der Waals surface area contributed by atoms with Crippen molar-refractivity contribution in [2.24, 2.45) is 0 Å². The van der Waals surface area contributed by atoms with Gasteiger partial charge in [-0.3, -0.25) is 4.79 Å². The Labute approximate surface area is 124 Å². The Morgan fingerprint density at radius 3 is 2.50 bits per heavy atom. The molecule has 1 aromatic rings. The number of hydrogen-bond donors (Lipinski definition) is 3. The number of carbonyl (C=O) groups excluding carboxylic acids is 2. The quantitative estimate of drug-likeness (QED) is 0.768. The molecule has 0 radical (unpaired) electrons. The number of benzene rings is 1. The third-order valence-electron chi connectivity index (χ3n) is 2.46. The molecule has 0 aromatic heterocycles. The number of carboxylic acids is 1. The molecule has 7 nitrogen and oxygen atoms in total. The number of amides is 3. The molecule has 3 N–H and O–H groups in total. The van der Waals surface area contributed by atoms with Crippen molar-refractivity contribution in [3.8, 4) is 0 Å². The molecule has 0 aliphatic rings. The topological polar surface area (TPSA) is 98.7 Å². The molecular formula is C12H14BrN3O4. The molecule has 0 fully saturated rings. The van der Waals surface area contributed by atoms with E-state index in [1.54, 1.807) is 0 Å². The lowest BCUT2D eigenvalue weighted by Crippen LogP contribution is -2.39. The lowest BCUT2D eigenvalue weighted by Gasteiger charge is -2.17. The van der Waals surface area contributed by atoms with Crippen molar-refractivity contribution < 1.29 is 19.5 Å². The summed E-state index contributed by atoms with van der Waals surface area (Å²) in [6, 6.07) is 3.76. The highest BCUT2D eigenvalue weighted by molar-refractivity contribution is 9.10. The predicted molar refractivity (Wildman–Crippen MR) is 76.8 cm³/mol. The van der Waals surface area contributed by atoms with E-state index in [4.69, 9.17) is 5.11 Å². The molecule has 1 rings (SSSR count). The number of carbonyl (C=O) groups is 3. The van der Waals surface area contributed by atoms with Crippen LogP contribution in [0.2, 0.25) is 0 Å². The lowest BCUT2D eigenvalue weighted by atomic mass is 10.2. The standard InChI is InChI=1S/C12H14BrN3O4/c1-14-10(17)6-16(2)12(20)15-9-4-3-7(11(18)19)5-8(9)13/h3-5H,6H2,1-2H3,(H,14,17)(H,15,20)(H,18,19). The van der Waals surface area contributed by atoms with Crippen molar-refractivity contribution in [1.82, 2.24) is 10.2 Å². The summed E-state index contributed by atoms with van der Waals surface area (Å²) in [5.41, 5.74) is 0.525. The number of likely N-dealkylation sites (N-methyl/N-ethyl adjacent to an activating group) is 2. The van der Waals surface area contributed by atoms with Crippen LogP contribution in [-0.4, -0.2) is 48.6 Å². The van der Waals surface area contributed by atoms with Crippen LogP contribution >= 0.6 is 15.9 Å². The first-order valence-corrected chi connectivity index (χ1v) is 6.40. The SMILES string of the molecule is CNC(=O)CN(C)C(=O)Nc1ccc(C(=O)O)cc1Br. The minimum Gasteiger partial charge on any atom is -0.478 e. The second-order valence-corrected chi connectivity index (χ2v) is 4.81. The molecule has 0 unspecified atom stereocenters. The minimum atomic E-state index is -1.06. The fraction of sp³-hybridized carbons (Fsp3) is 0.250. The zero-order valence-electron chi connectivity index (χ0n) is 10.9. The smallest absolute Gasteiger partial charge is 0.335 e. The molecule has 8 heteroatoms. The van der Waals surface area contributed by atoms with Crippen LogP contribution in [0.4, 0.5) is 10.5 Å². The van der Waals surface area contributed by atoms with Crippen LogP contribution in [0.1, 0.15) is 10.4 Å². The summed E-state index contributed by atoms with van der Waals surface area (Å²) in [5, 5.41) is 13.8. The molecule has 0 aliphatic carbocycles. The van der Waals surface area contributed by atoms with Crippen molar-refractivity contribution in [3.05, 3.63) is 28.2 Å². The summed E-state index contributed by atoms with van der Waals surface area (Å²) >= 11 is 3.18. The number of urea groups is 1. The normalized spacial score (nSPS) is 9.75. The number of nitrogens with one attached hydrogen (secondary N) is 2. The fourth-order valence-corrected chi connectivity index (χ4v) is 1.80. The van der Waals surface area contributed by atoms with E-state index in [2.05, 4.69) is 26.6 Å². The van der Waals surface area contributed by atoms with E-state index in [1.807, 2.05) is 0 Å². The number of aromatic carboxylic acids is 1. The van der Waals surface area contributed by atoms with Crippen LogP contribution in [0.5, 0.6) is 0 Å². The molecule has 20 heavy (non-hydrogen) atoms. The van der Waals surface area contributed by atoms with Gasteiger partial charge < -0.3 is 20.6 Å². The van der Waals surface area contributed by atoms with E-state index >= 15 is 0 Å². The second-order valence-electron chi connectivity index (χ2n) is 3.96. The largest absolute Gasteiger partial charge is 0.478 e. The maximum Gasteiger partial charge on any atom is 0.335 e. The van der Waals surface area contributed by atoms with Gasteiger partial charge in [-0.15, -0.1) is 0 Å². The summed E-state index contributed by atoms with van der Waals surface area (Å²) < 4.78 is 0.444. The van der Waals surface area contributed by atoms with Gasteiger partial charge in [0, 0.05) is 18.6 Å². The summed E-state index contributed by atoms with van der Waals surface area (Å²) in [4.78, 5) is 35.0. The van der Waals surface area contributed by atoms with Crippen LogP contribution in [0.15, 0.2) is 22.7 Å². The molecule has 108 valence electrons. The molecule has 0 aliphatic heterocycles. The number of nitrogens with zero attached hydrogens (tertiary/aromatic N) is 1. The van der Waals surface area contributed by atoms with Gasteiger partial charge in [0.15, 0.2) is 0 Å². The van der Waals surface area contributed by atoms with Crippen LogP contribution in [0.25, 0.3) is 0 Å². The predicted octanol–water partition coefficient (Wildman–Crippen LogP) is 1.36. The van der Waals surface area contributed by atoms with Crippen molar-refractivity contribution in [2.45, 2.75) is 0 Å². The zero-order chi connectivity index (χ0) is 15.3. The third-order valence-corrected chi connectivity index (χ3v) is 3.12. The van der Waals surface area contributed by atoms with E-state index in [1.165, 1.54) is 37.2 Å². The summed E-state index contributed by atoms with van der Waals surface area (Å²) in [6.07, 6.45) is 0. The Hall–Kier alpha value is -2.09. The molecule has 1 aromatic carbocycles. The second kappa shape index (κ2) is 6.90. The molecule has 0 atom stereocenters. The van der Waals surface area contributed by atoms with Crippen molar-refractivity contribution >= 4 is 39.5 Å². The van der Waals surface area contributed by atoms with Crippen molar-refractivity contribution in [1.29, 1.82) is 0 Å². The lowest BCUT2D eigenvalue weighted by molar-refractivity contribution is -0.120. The van der Waals surface area contributed by atoms with Gasteiger partial charge in [-0.1, -0.05) is 0 Å². The molecule has 0 saturated carbocycles. The summed E-state index contributed by atoms with van der Waals surface area (Å²) in [6.45, 7) is -0.0762. The number of halogens is 1. The monoisotopic (exact) mass is 343 g/mol. The minimum absolute atomic E-state index is 0.0762. The number of rotatable bonds is 4. The zero-order valence-corrected chi connectivity index (χ0v) is 12.5. The first kappa shape index (κ1) is 16.0. The molecule has 0 saturated heterocycles. The van der Waals surface area contributed by atoms with Crippen molar-refractivity contribution in [3.63, 3.8) is 0 Å². The first-order chi connectivity index (χ1) is 9.35. The molecule has 3 amide bonds. The van der Waals surface area contributed by atoms with Crippen LogP contribution in [0.3, 0.4) is 0 Å². The Morgan fingerprint density at radius 2 is 2.00 bits per heavy atom. The summed E-state index contributed by atoms with van der Waals surface area (Å²) in [5.74, 6) is -1.34. The Morgan fingerprint density at radius 1 is 1.35 bits per heavy atom. The van der Waals surface area contributed by atoms with Gasteiger partial charge >= 0.3 is 12.0 Å². The highest BCUT2D eigenvalue weighted by Crippen LogP contribution is 2.23. The highest BCUT2D eigenvalue weighted by atomic mass is 79.9. The highest BCUT2D eigenvalue weighted by Gasteiger charge is 2.14.